The van der Waals surface area contributed by atoms with Gasteiger partial charge >= 0.3 is 5.97 Å². The fourth-order valence-electron chi connectivity index (χ4n) is 3.93. The van der Waals surface area contributed by atoms with Crippen LogP contribution in [0.2, 0.25) is 0 Å². The highest BCUT2D eigenvalue weighted by Gasteiger charge is 2.80. The number of rotatable bonds is 9. The Morgan fingerprint density at radius 1 is 1.33 bits per heavy atom. The van der Waals surface area contributed by atoms with E-state index in [1.165, 1.54) is 20.0 Å². The largest absolute Gasteiger partial charge is 0.468 e. The third-order valence-electron chi connectivity index (χ3n) is 5.35. The van der Waals surface area contributed by atoms with Crippen LogP contribution in [0.1, 0.15) is 52.9 Å². The second-order valence-electron chi connectivity index (χ2n) is 7.22. The summed E-state index contributed by atoms with van der Waals surface area (Å²) >= 11 is 0. The molecule has 2 fully saturated rings. The molecule has 2 aliphatic carbocycles. The molecular weight excluding hydrogens is 308 g/mol. The van der Waals surface area contributed by atoms with Crippen LogP contribution in [0.15, 0.2) is 12.2 Å². The van der Waals surface area contributed by atoms with Crippen LogP contribution < -0.4 is 0 Å². The van der Waals surface area contributed by atoms with Gasteiger partial charge < -0.3 is 14.2 Å². The normalized spacial score (nSPS) is 32.2. The Balaban J connectivity index is 2.13. The molecule has 0 aromatic carbocycles. The van der Waals surface area contributed by atoms with Gasteiger partial charge in [-0.2, -0.15) is 0 Å². The van der Waals surface area contributed by atoms with Gasteiger partial charge in [-0.15, -0.1) is 0 Å². The third kappa shape index (κ3) is 3.29. The second-order valence-corrected chi connectivity index (χ2v) is 7.22. The molecule has 0 saturated heterocycles. The molecule has 136 valence electrons. The molecule has 5 heteroatoms. The van der Waals surface area contributed by atoms with Crippen molar-refractivity contribution in [2.75, 3.05) is 14.2 Å². The molecule has 0 bridgehead atoms. The van der Waals surface area contributed by atoms with E-state index >= 15 is 0 Å². The van der Waals surface area contributed by atoms with Gasteiger partial charge in [0.25, 0.3) is 0 Å². The molecule has 2 rings (SSSR count). The van der Waals surface area contributed by atoms with E-state index in [-0.39, 0.29) is 30.1 Å². The summed E-state index contributed by atoms with van der Waals surface area (Å²) in [7, 11) is 2.91. The monoisotopic (exact) mass is 338 g/mol. The Morgan fingerprint density at radius 2 is 2.04 bits per heavy atom. The smallest absolute Gasteiger partial charge is 0.320 e. The number of carbonyl (C=O) groups excluding carboxylic acids is 2. The lowest BCUT2D eigenvalue weighted by molar-refractivity contribution is -0.226. The summed E-state index contributed by atoms with van der Waals surface area (Å²) in [6, 6.07) is 0. The molecule has 0 heterocycles. The lowest BCUT2D eigenvalue weighted by Gasteiger charge is -2.28. The summed E-state index contributed by atoms with van der Waals surface area (Å²) in [5.74, 6) is -1.55. The van der Waals surface area contributed by atoms with E-state index in [0.717, 1.165) is 12.8 Å². The molecule has 2 saturated carbocycles. The van der Waals surface area contributed by atoms with E-state index in [4.69, 9.17) is 14.2 Å². The molecule has 4 atom stereocenters. The molecule has 4 unspecified atom stereocenters. The Labute approximate surface area is 144 Å². The molecule has 0 aliphatic heterocycles. The predicted octanol–water partition coefficient (Wildman–Crippen LogP) is 3.27. The highest BCUT2D eigenvalue weighted by atomic mass is 16.7. The predicted molar refractivity (Wildman–Crippen MR) is 90.3 cm³/mol. The van der Waals surface area contributed by atoms with Crippen LogP contribution in [0.3, 0.4) is 0 Å². The fourth-order valence-corrected chi connectivity index (χ4v) is 3.93. The van der Waals surface area contributed by atoms with Gasteiger partial charge in [0.15, 0.2) is 11.6 Å². The highest BCUT2D eigenvalue weighted by molar-refractivity contribution is 6.11. The summed E-state index contributed by atoms with van der Waals surface area (Å²) in [5.41, 5.74) is -1.04. The number of hydrogen-bond donors (Lipinski definition) is 0. The maximum absolute atomic E-state index is 12.6. The summed E-state index contributed by atoms with van der Waals surface area (Å²) < 4.78 is 16.2. The third-order valence-corrected chi connectivity index (χ3v) is 5.35. The molecule has 2 aliphatic rings. The second kappa shape index (κ2) is 7.36. The van der Waals surface area contributed by atoms with Crippen LogP contribution in [0.5, 0.6) is 0 Å². The van der Waals surface area contributed by atoms with Crippen LogP contribution in [0, 0.1) is 17.3 Å². The maximum Gasteiger partial charge on any atom is 0.320 e. The first-order chi connectivity index (χ1) is 11.3. The van der Waals surface area contributed by atoms with Crippen molar-refractivity contribution in [1.29, 1.82) is 0 Å². The molecule has 0 radical (unpaired) electrons. The minimum atomic E-state index is -1.04. The van der Waals surface area contributed by atoms with Crippen molar-refractivity contribution in [3.63, 3.8) is 0 Å². The highest BCUT2D eigenvalue weighted by Crippen LogP contribution is 2.68. The molecule has 0 N–H and O–H groups in total. The molecular formula is C19H30O5. The van der Waals surface area contributed by atoms with Crippen LogP contribution in [0.4, 0.5) is 0 Å². The Bertz CT molecular complexity index is 510. The van der Waals surface area contributed by atoms with Crippen molar-refractivity contribution in [2.24, 2.45) is 17.3 Å². The zero-order valence-electron chi connectivity index (χ0n) is 15.5. The molecule has 0 spiro atoms. The Kier molecular flexibility index (Phi) is 5.87. The quantitative estimate of drug-likeness (QED) is 0.212. The van der Waals surface area contributed by atoms with Gasteiger partial charge in [-0.1, -0.05) is 31.9 Å². The zero-order chi connectivity index (χ0) is 18.0. The first kappa shape index (κ1) is 19.1. The van der Waals surface area contributed by atoms with Gasteiger partial charge in [-0.25, -0.2) is 0 Å². The van der Waals surface area contributed by atoms with Gasteiger partial charge in [-0.3, -0.25) is 9.59 Å². The van der Waals surface area contributed by atoms with Gasteiger partial charge in [0.05, 0.1) is 13.2 Å². The van der Waals surface area contributed by atoms with Gasteiger partial charge in [0.2, 0.25) is 0 Å². The van der Waals surface area contributed by atoms with Crippen LogP contribution >= 0.6 is 0 Å². The van der Waals surface area contributed by atoms with E-state index in [9.17, 15) is 9.59 Å². The number of carbonyl (C=O) groups is 2. The van der Waals surface area contributed by atoms with Gasteiger partial charge in [-0.05, 0) is 26.7 Å². The van der Waals surface area contributed by atoms with Crippen molar-refractivity contribution in [3.8, 4) is 0 Å². The number of methoxy groups -OCH3 is 2. The summed E-state index contributed by atoms with van der Waals surface area (Å²) in [6.07, 6.45) is 8.50. The number of hydrogen-bond acceptors (Lipinski definition) is 5. The lowest BCUT2D eigenvalue weighted by atomic mass is 9.97. The minimum absolute atomic E-state index is 0.0699. The first-order valence-corrected chi connectivity index (χ1v) is 8.86. The number of fused-ring (bicyclic) bond motifs is 1. The number of allylic oxidation sites excluding steroid dienone is 2. The Hall–Kier alpha value is -1.20. The first-order valence-electron chi connectivity index (χ1n) is 8.86. The molecule has 5 nitrogen and oxygen atoms in total. The van der Waals surface area contributed by atoms with Crippen LogP contribution in [-0.4, -0.2) is 37.9 Å². The number of ether oxygens (including phenoxy) is 3. The average molecular weight is 338 g/mol. The summed E-state index contributed by atoms with van der Waals surface area (Å²) in [6.45, 7) is 5.79. The van der Waals surface area contributed by atoms with Crippen molar-refractivity contribution in [1.82, 2.24) is 0 Å². The van der Waals surface area contributed by atoms with Crippen LogP contribution in [-0.2, 0) is 23.8 Å². The van der Waals surface area contributed by atoms with E-state index in [1.807, 2.05) is 19.9 Å². The topological polar surface area (TPSA) is 61.8 Å². The average Bonchev–Trinajstić information content (AvgIpc) is 3.14. The number of esters is 1. The summed E-state index contributed by atoms with van der Waals surface area (Å²) in [4.78, 5) is 25.0. The molecule has 0 amide bonds. The van der Waals surface area contributed by atoms with Gasteiger partial charge in [0.1, 0.15) is 5.41 Å². The molecule has 24 heavy (non-hydrogen) atoms. The maximum atomic E-state index is 12.6. The lowest BCUT2D eigenvalue weighted by Crippen LogP contribution is -2.33. The van der Waals surface area contributed by atoms with E-state index in [0.29, 0.717) is 0 Å². The SMILES string of the molecule is CCCCCC=CC1C2C(OC(C)(C)OC)CC(=O)C12C(=O)OC. The number of unbranched alkanes of at least 4 members (excludes halogenated alkanes) is 3. The van der Waals surface area contributed by atoms with Crippen molar-refractivity contribution in [3.05, 3.63) is 12.2 Å². The molecule has 0 aromatic rings. The standard InChI is InChI=1S/C19H30O5/c1-6-7-8-9-10-11-13-16-14(24-18(2,3)23-5)12-15(20)19(13,16)17(21)22-4/h10-11,13-14,16H,6-9,12H2,1-5H3. The van der Waals surface area contributed by atoms with Gasteiger partial charge in [0, 0.05) is 25.4 Å². The van der Waals surface area contributed by atoms with E-state index < -0.39 is 17.2 Å². The number of ketones is 1. The minimum Gasteiger partial charge on any atom is -0.468 e. The van der Waals surface area contributed by atoms with Crippen LogP contribution in [0.25, 0.3) is 0 Å². The Morgan fingerprint density at radius 3 is 2.62 bits per heavy atom. The zero-order valence-corrected chi connectivity index (χ0v) is 15.5. The van der Waals surface area contributed by atoms with Crippen molar-refractivity contribution >= 4 is 11.8 Å². The van der Waals surface area contributed by atoms with E-state index in [1.54, 1.807) is 7.11 Å². The molecule has 0 aromatic heterocycles. The summed E-state index contributed by atoms with van der Waals surface area (Å²) in [5, 5.41) is 0. The van der Waals surface area contributed by atoms with Crippen molar-refractivity contribution < 1.29 is 23.8 Å². The van der Waals surface area contributed by atoms with Crippen molar-refractivity contribution in [2.45, 2.75) is 64.8 Å². The fraction of sp³-hybridized carbons (Fsp3) is 0.789. The number of Topliss-reactive ketones (excluding diaryl/α,β-unsaturated/α-hetero) is 1. The van der Waals surface area contributed by atoms with E-state index in [2.05, 4.69) is 13.0 Å².